The third kappa shape index (κ3) is 2.38. The summed E-state index contributed by atoms with van der Waals surface area (Å²) in [6.45, 7) is 1.98. The minimum Gasteiger partial charge on any atom is -0.347 e. The molecule has 1 saturated carbocycles. The van der Waals surface area contributed by atoms with Crippen LogP contribution in [-0.2, 0) is 0 Å². The van der Waals surface area contributed by atoms with Gasteiger partial charge in [0.15, 0.2) is 10.3 Å². The highest BCUT2D eigenvalue weighted by Crippen LogP contribution is 2.34. The highest BCUT2D eigenvalue weighted by molar-refractivity contribution is 6.34. The molecule has 1 aliphatic rings. The molecule has 2 rings (SSSR count). The van der Waals surface area contributed by atoms with Gasteiger partial charge in [-0.15, -0.1) is 10.2 Å². The van der Waals surface area contributed by atoms with Crippen molar-refractivity contribution in [3.63, 3.8) is 0 Å². The summed E-state index contributed by atoms with van der Waals surface area (Å²) in [4.78, 5) is 11.8. The van der Waals surface area contributed by atoms with E-state index in [-0.39, 0.29) is 27.3 Å². The van der Waals surface area contributed by atoms with E-state index in [9.17, 15) is 4.79 Å². The summed E-state index contributed by atoms with van der Waals surface area (Å²) in [5.74, 6) is -0.253. The van der Waals surface area contributed by atoms with Gasteiger partial charge in [-0.05, 0) is 25.8 Å². The first-order chi connectivity index (χ1) is 7.00. The van der Waals surface area contributed by atoms with E-state index in [1.165, 1.54) is 6.07 Å². The molecule has 80 valence electrons. The Bertz CT molecular complexity index is 418. The molecule has 0 radical (unpaired) electrons. The van der Waals surface area contributed by atoms with Gasteiger partial charge in [0.05, 0.1) is 5.56 Å². The van der Waals surface area contributed by atoms with E-state index >= 15 is 0 Å². The van der Waals surface area contributed by atoms with E-state index < -0.39 is 0 Å². The Hall–Kier alpha value is -0.870. The molecule has 1 aliphatic carbocycles. The van der Waals surface area contributed by atoms with E-state index in [1.807, 2.05) is 6.92 Å². The van der Waals surface area contributed by atoms with Gasteiger partial charge in [0.1, 0.15) is 0 Å². The second-order valence-electron chi connectivity index (χ2n) is 3.89. The summed E-state index contributed by atoms with van der Waals surface area (Å²) in [6, 6.07) is 1.41. The number of hydrogen-bond acceptors (Lipinski definition) is 3. The summed E-state index contributed by atoms with van der Waals surface area (Å²) in [5, 5.41) is 10.2. The molecule has 4 nitrogen and oxygen atoms in total. The van der Waals surface area contributed by atoms with Gasteiger partial charge in [-0.2, -0.15) is 0 Å². The van der Waals surface area contributed by atoms with E-state index in [1.54, 1.807) is 0 Å². The van der Waals surface area contributed by atoms with Crippen molar-refractivity contribution < 1.29 is 4.79 Å². The van der Waals surface area contributed by atoms with Crippen molar-refractivity contribution in [3.05, 3.63) is 21.9 Å². The third-order valence-corrected chi connectivity index (χ3v) is 2.84. The maximum absolute atomic E-state index is 11.8. The molecule has 1 heterocycles. The molecule has 0 saturated heterocycles. The minimum absolute atomic E-state index is 0.0705. The quantitative estimate of drug-likeness (QED) is 0.868. The summed E-state index contributed by atoms with van der Waals surface area (Å²) < 4.78 is 0. The van der Waals surface area contributed by atoms with Crippen LogP contribution in [0.3, 0.4) is 0 Å². The van der Waals surface area contributed by atoms with Gasteiger partial charge < -0.3 is 5.32 Å². The number of amides is 1. The van der Waals surface area contributed by atoms with Gasteiger partial charge in [0.25, 0.3) is 5.91 Å². The lowest BCUT2D eigenvalue weighted by Gasteiger charge is -2.11. The smallest absolute Gasteiger partial charge is 0.255 e. The van der Waals surface area contributed by atoms with Crippen LogP contribution in [0.4, 0.5) is 0 Å². The molecule has 0 unspecified atom stereocenters. The van der Waals surface area contributed by atoms with Crippen molar-refractivity contribution in [2.24, 2.45) is 0 Å². The van der Waals surface area contributed by atoms with E-state index in [0.29, 0.717) is 0 Å². The second kappa shape index (κ2) is 3.61. The Labute approximate surface area is 97.0 Å². The average Bonchev–Trinajstić information content (AvgIpc) is 2.87. The number of carbonyl (C=O) groups is 1. The largest absolute Gasteiger partial charge is 0.347 e. The lowest BCUT2D eigenvalue weighted by molar-refractivity contribution is 0.0935. The number of nitrogens with zero attached hydrogens (tertiary/aromatic N) is 2. The van der Waals surface area contributed by atoms with Crippen molar-refractivity contribution in [1.82, 2.24) is 15.5 Å². The van der Waals surface area contributed by atoms with Crippen molar-refractivity contribution in [1.29, 1.82) is 0 Å². The molecule has 0 atom stereocenters. The highest BCUT2D eigenvalue weighted by atomic mass is 35.5. The number of aromatic nitrogens is 2. The fourth-order valence-electron chi connectivity index (χ4n) is 1.17. The monoisotopic (exact) mass is 245 g/mol. The Morgan fingerprint density at radius 3 is 2.73 bits per heavy atom. The van der Waals surface area contributed by atoms with E-state index in [4.69, 9.17) is 23.2 Å². The Balaban J connectivity index is 2.21. The average molecular weight is 246 g/mol. The van der Waals surface area contributed by atoms with Crippen molar-refractivity contribution in [2.75, 3.05) is 0 Å². The lowest BCUT2D eigenvalue weighted by atomic mass is 10.2. The van der Waals surface area contributed by atoms with Crippen LogP contribution in [-0.4, -0.2) is 21.6 Å². The molecule has 1 fully saturated rings. The number of hydrogen-bond donors (Lipinski definition) is 1. The highest BCUT2D eigenvalue weighted by Gasteiger charge is 2.39. The summed E-state index contributed by atoms with van der Waals surface area (Å²) in [6.07, 6.45) is 1.98. The molecule has 1 aromatic rings. The normalized spacial score (nSPS) is 17.3. The van der Waals surface area contributed by atoms with Gasteiger partial charge >= 0.3 is 0 Å². The van der Waals surface area contributed by atoms with Gasteiger partial charge in [0.2, 0.25) is 0 Å². The zero-order chi connectivity index (χ0) is 11.1. The predicted molar refractivity (Wildman–Crippen MR) is 57.2 cm³/mol. The number of halogens is 2. The summed E-state index contributed by atoms with van der Waals surface area (Å²) >= 11 is 11.4. The first kappa shape index (κ1) is 10.6. The van der Waals surface area contributed by atoms with Crippen LogP contribution < -0.4 is 5.32 Å². The van der Waals surface area contributed by atoms with Gasteiger partial charge in [-0.25, -0.2) is 0 Å². The topological polar surface area (TPSA) is 54.9 Å². The Morgan fingerprint density at radius 1 is 1.47 bits per heavy atom. The Kier molecular flexibility index (Phi) is 2.56. The fourth-order valence-corrected chi connectivity index (χ4v) is 1.49. The van der Waals surface area contributed by atoms with Gasteiger partial charge in [0, 0.05) is 5.54 Å². The molecule has 0 aliphatic heterocycles. The van der Waals surface area contributed by atoms with Crippen molar-refractivity contribution in [3.8, 4) is 0 Å². The standard InChI is InChI=1S/C9H9Cl2N3O/c1-9(2-3-9)12-8(15)5-4-6(10)13-14-7(5)11/h4H,2-3H2,1H3,(H,12,15). The van der Waals surface area contributed by atoms with E-state index in [0.717, 1.165) is 12.8 Å². The first-order valence-corrected chi connectivity index (χ1v) is 5.27. The maximum Gasteiger partial charge on any atom is 0.255 e. The van der Waals surface area contributed by atoms with Gasteiger partial charge in [-0.3, -0.25) is 4.79 Å². The van der Waals surface area contributed by atoms with Crippen LogP contribution in [0, 0.1) is 0 Å². The molecule has 15 heavy (non-hydrogen) atoms. The van der Waals surface area contributed by atoms with Crippen molar-refractivity contribution >= 4 is 29.1 Å². The van der Waals surface area contributed by atoms with Crippen LogP contribution in [0.2, 0.25) is 10.3 Å². The fraction of sp³-hybridized carbons (Fsp3) is 0.444. The van der Waals surface area contributed by atoms with Crippen LogP contribution in [0.5, 0.6) is 0 Å². The molecule has 1 N–H and O–H groups in total. The first-order valence-electron chi connectivity index (χ1n) is 4.51. The molecule has 0 bridgehead atoms. The predicted octanol–water partition coefficient (Wildman–Crippen LogP) is 2.07. The molecule has 0 aromatic carbocycles. The third-order valence-electron chi connectivity index (χ3n) is 2.38. The number of rotatable bonds is 2. The summed E-state index contributed by atoms with van der Waals surface area (Å²) in [5.41, 5.74) is 0.181. The summed E-state index contributed by atoms with van der Waals surface area (Å²) in [7, 11) is 0. The SMILES string of the molecule is CC1(NC(=O)c2cc(Cl)nnc2Cl)CC1. The van der Waals surface area contributed by atoms with Crippen LogP contribution in [0.15, 0.2) is 6.07 Å². The van der Waals surface area contributed by atoms with Crippen LogP contribution in [0.25, 0.3) is 0 Å². The minimum atomic E-state index is -0.253. The van der Waals surface area contributed by atoms with E-state index in [2.05, 4.69) is 15.5 Å². The zero-order valence-electron chi connectivity index (χ0n) is 8.05. The number of carbonyl (C=O) groups excluding carboxylic acids is 1. The molecule has 6 heteroatoms. The zero-order valence-corrected chi connectivity index (χ0v) is 9.56. The molecule has 1 aromatic heterocycles. The maximum atomic E-state index is 11.8. The molecule has 1 amide bonds. The van der Waals surface area contributed by atoms with Crippen LogP contribution >= 0.6 is 23.2 Å². The van der Waals surface area contributed by atoms with Crippen molar-refractivity contribution in [2.45, 2.75) is 25.3 Å². The van der Waals surface area contributed by atoms with Gasteiger partial charge in [-0.1, -0.05) is 23.2 Å². The molecule has 0 spiro atoms. The molecular formula is C9H9Cl2N3O. The lowest BCUT2D eigenvalue weighted by Crippen LogP contribution is -2.34. The number of nitrogens with one attached hydrogen (secondary N) is 1. The Morgan fingerprint density at radius 2 is 2.13 bits per heavy atom. The molecular weight excluding hydrogens is 237 g/mol. The van der Waals surface area contributed by atoms with Crippen LogP contribution in [0.1, 0.15) is 30.1 Å². The second-order valence-corrected chi connectivity index (χ2v) is 4.63.